The minimum atomic E-state index is -1.48. The molecule has 4 nitrogen and oxygen atoms in total. The Morgan fingerprint density at radius 1 is 1.89 bits per heavy atom. The molecule has 1 unspecified atom stereocenters. The Morgan fingerprint density at radius 3 is 3.11 bits per heavy atom. The molecule has 1 rings (SSSR count). The fraction of sp³-hybridized carbons (Fsp3) is 0.250. The Morgan fingerprint density at radius 2 is 2.67 bits per heavy atom. The van der Waals surface area contributed by atoms with E-state index >= 15 is 0 Å². The molecule has 0 amide bonds. The fourth-order valence-corrected chi connectivity index (χ4v) is 0.921. The van der Waals surface area contributed by atoms with Gasteiger partial charge in [0.1, 0.15) is 0 Å². The van der Waals surface area contributed by atoms with Crippen molar-refractivity contribution in [2.24, 2.45) is 0 Å². The van der Waals surface area contributed by atoms with Crippen LogP contribution in [0.25, 0.3) is 0 Å². The summed E-state index contributed by atoms with van der Waals surface area (Å²) in [6.45, 7) is 0. The summed E-state index contributed by atoms with van der Waals surface area (Å²) in [6, 6.07) is 0. The molecule has 5 heteroatoms. The van der Waals surface area contributed by atoms with Gasteiger partial charge in [0.15, 0.2) is 0 Å². The van der Waals surface area contributed by atoms with Gasteiger partial charge >= 0.3 is 5.16 Å². The molecule has 0 fully saturated rings. The molecule has 1 N–H and O–H groups in total. The van der Waals surface area contributed by atoms with Gasteiger partial charge in [-0.2, -0.15) is 10.1 Å². The van der Waals surface area contributed by atoms with Crippen molar-refractivity contribution in [3.63, 3.8) is 0 Å². The third kappa shape index (κ3) is 1.44. The van der Waals surface area contributed by atoms with Gasteiger partial charge in [0.25, 0.3) is 0 Å². The highest BCUT2D eigenvalue weighted by atomic mass is 32.2. The van der Waals surface area contributed by atoms with Gasteiger partial charge in [-0.1, -0.05) is 0 Å². The normalized spacial score (nSPS) is 13.6. The van der Waals surface area contributed by atoms with Gasteiger partial charge in [-0.25, -0.2) is 0 Å². The monoisotopic (exact) mass is 145 g/mol. The number of imidazole rings is 1. The van der Waals surface area contributed by atoms with Crippen molar-refractivity contribution >= 4 is 11.2 Å². The molecule has 49 valence electrons. The van der Waals surface area contributed by atoms with Gasteiger partial charge in [-0.3, -0.25) is 0 Å². The predicted molar refractivity (Wildman–Crippen MR) is 30.5 cm³/mol. The van der Waals surface area contributed by atoms with Crippen LogP contribution in [0.5, 0.6) is 0 Å². The molecule has 1 aromatic rings. The van der Waals surface area contributed by atoms with Crippen molar-refractivity contribution < 1.29 is 9.66 Å². The Balaban J connectivity index is 2.65. The number of hydrogen-bond acceptors (Lipinski definition) is 2. The maximum absolute atomic E-state index is 10.6. The molecule has 1 radical (unpaired) electrons. The number of rotatable bonds is 2. The van der Waals surface area contributed by atoms with Gasteiger partial charge < -0.3 is 9.54 Å². The Kier molecular flexibility index (Phi) is 2.10. The number of nitrogens with one attached hydrogen (secondary N) is 1. The summed E-state index contributed by atoms with van der Waals surface area (Å²) in [7, 11) is 0. The van der Waals surface area contributed by atoms with Crippen LogP contribution in [0.4, 0.5) is 0 Å². The highest BCUT2D eigenvalue weighted by Crippen LogP contribution is 2.00. The quantitative estimate of drug-likeness (QED) is 0.590. The van der Waals surface area contributed by atoms with E-state index in [9.17, 15) is 9.66 Å². The zero-order valence-electron chi connectivity index (χ0n) is 4.53. The van der Waals surface area contributed by atoms with E-state index in [1.54, 1.807) is 0 Å². The van der Waals surface area contributed by atoms with E-state index in [-0.39, 0.29) is 5.16 Å². The molecule has 0 bridgehead atoms. The van der Waals surface area contributed by atoms with Crippen molar-refractivity contribution in [2.75, 3.05) is 5.94 Å². The Labute approximate surface area is 55.1 Å². The number of aromatic nitrogens is 2. The van der Waals surface area contributed by atoms with E-state index in [1.807, 2.05) is 0 Å². The van der Waals surface area contributed by atoms with E-state index in [0.29, 0.717) is 0 Å². The second-order valence-corrected chi connectivity index (χ2v) is 2.67. The SMILES string of the molecule is [O]C[S+]([O-])c1ncc[nH]1. The van der Waals surface area contributed by atoms with Crippen LogP contribution < -0.4 is 0 Å². The molecule has 0 aliphatic rings. The van der Waals surface area contributed by atoms with Crippen LogP contribution in [-0.2, 0) is 16.3 Å². The van der Waals surface area contributed by atoms with E-state index in [1.165, 1.54) is 12.4 Å². The zero-order chi connectivity index (χ0) is 6.69. The molecule has 1 atom stereocenters. The van der Waals surface area contributed by atoms with E-state index in [0.717, 1.165) is 0 Å². The minimum Gasteiger partial charge on any atom is -0.607 e. The second kappa shape index (κ2) is 2.86. The first-order valence-electron chi connectivity index (χ1n) is 2.30. The van der Waals surface area contributed by atoms with Crippen molar-refractivity contribution in [1.29, 1.82) is 0 Å². The summed E-state index contributed by atoms with van der Waals surface area (Å²) in [5.41, 5.74) is 0. The summed E-state index contributed by atoms with van der Waals surface area (Å²) >= 11 is -1.48. The Hall–Kier alpha value is -0.520. The molecule has 0 aromatic carbocycles. The zero-order valence-corrected chi connectivity index (χ0v) is 5.35. The van der Waals surface area contributed by atoms with Crippen molar-refractivity contribution in [3.05, 3.63) is 12.4 Å². The first kappa shape index (κ1) is 6.60. The minimum absolute atomic E-state index is 0.255. The average molecular weight is 145 g/mol. The van der Waals surface area contributed by atoms with Crippen LogP contribution in [0.3, 0.4) is 0 Å². The highest BCUT2D eigenvalue weighted by molar-refractivity contribution is 7.91. The van der Waals surface area contributed by atoms with Crippen LogP contribution in [0.15, 0.2) is 17.6 Å². The highest BCUT2D eigenvalue weighted by Gasteiger charge is 2.10. The lowest BCUT2D eigenvalue weighted by molar-refractivity contribution is 0.249. The lowest BCUT2D eigenvalue weighted by Crippen LogP contribution is -2.06. The van der Waals surface area contributed by atoms with Crippen LogP contribution in [0.2, 0.25) is 0 Å². The van der Waals surface area contributed by atoms with Gasteiger partial charge in [0.05, 0.1) is 11.2 Å². The number of aromatic amines is 1. The van der Waals surface area contributed by atoms with Crippen molar-refractivity contribution in [3.8, 4) is 0 Å². The molecule has 0 spiro atoms. The molecular weight excluding hydrogens is 140 g/mol. The van der Waals surface area contributed by atoms with Crippen molar-refractivity contribution in [2.45, 2.75) is 5.16 Å². The van der Waals surface area contributed by atoms with Crippen LogP contribution in [0, 0.1) is 0 Å². The largest absolute Gasteiger partial charge is 0.607 e. The summed E-state index contributed by atoms with van der Waals surface area (Å²) in [5, 5.41) is 10.2. The van der Waals surface area contributed by atoms with Gasteiger partial charge in [-0.05, 0) is 0 Å². The maximum Gasteiger partial charge on any atom is 0.322 e. The average Bonchev–Trinajstić information content (AvgIpc) is 2.37. The number of H-pyrrole nitrogens is 1. The first-order chi connectivity index (χ1) is 4.34. The van der Waals surface area contributed by atoms with Gasteiger partial charge in [0.2, 0.25) is 5.94 Å². The number of nitrogens with zero attached hydrogens (tertiary/aromatic N) is 1. The van der Waals surface area contributed by atoms with Gasteiger partial charge in [0, 0.05) is 12.4 Å². The smallest absolute Gasteiger partial charge is 0.322 e. The van der Waals surface area contributed by atoms with E-state index in [4.69, 9.17) is 0 Å². The fourth-order valence-electron chi connectivity index (χ4n) is 0.431. The molecule has 0 saturated carbocycles. The lowest BCUT2D eigenvalue weighted by Gasteiger charge is -1.98. The molecule has 1 aromatic heterocycles. The summed E-state index contributed by atoms with van der Waals surface area (Å²) in [6.07, 6.45) is 2.99. The lowest BCUT2D eigenvalue weighted by atomic mass is 11.0. The third-order valence-corrected chi connectivity index (χ3v) is 1.66. The van der Waals surface area contributed by atoms with E-state index in [2.05, 4.69) is 9.97 Å². The van der Waals surface area contributed by atoms with Crippen LogP contribution in [-0.4, -0.2) is 20.5 Å². The summed E-state index contributed by atoms with van der Waals surface area (Å²) in [5.74, 6) is -0.631. The van der Waals surface area contributed by atoms with Gasteiger partial charge in [-0.15, -0.1) is 0 Å². The van der Waals surface area contributed by atoms with Crippen LogP contribution in [0.1, 0.15) is 0 Å². The third-order valence-electron chi connectivity index (χ3n) is 0.796. The standard InChI is InChI=1S/C4H5N2O2S/c7-3-9(8)4-5-1-2-6-4/h1-2H,3H2,(H,5,6). The molecule has 0 aliphatic carbocycles. The topological polar surface area (TPSA) is 71.6 Å². The predicted octanol–water partition coefficient (Wildman–Crippen LogP) is -0.0947. The molecule has 1 heterocycles. The molecule has 0 saturated heterocycles. The van der Waals surface area contributed by atoms with Crippen molar-refractivity contribution in [1.82, 2.24) is 9.97 Å². The van der Waals surface area contributed by atoms with E-state index < -0.39 is 17.1 Å². The Bertz CT molecular complexity index is 165. The number of hydrogen-bond donors (Lipinski definition) is 1. The second-order valence-electron chi connectivity index (χ2n) is 1.36. The summed E-state index contributed by atoms with van der Waals surface area (Å²) in [4.78, 5) is 6.21. The van der Waals surface area contributed by atoms with Crippen LogP contribution >= 0.6 is 0 Å². The molecular formula is C4H5N2O2S. The first-order valence-corrected chi connectivity index (χ1v) is 3.62. The molecule has 0 aliphatic heterocycles. The molecule has 9 heavy (non-hydrogen) atoms. The maximum atomic E-state index is 10.6. The summed E-state index contributed by atoms with van der Waals surface area (Å²) < 4.78 is 10.6.